The summed E-state index contributed by atoms with van der Waals surface area (Å²) >= 11 is 0. The Hall–Kier alpha value is -3.10. The van der Waals surface area contributed by atoms with Crippen LogP contribution in [0.1, 0.15) is 11.1 Å². The van der Waals surface area contributed by atoms with Crippen LogP contribution in [0, 0.1) is 5.82 Å². The number of carbonyl (C=O) groups excluding carboxylic acids is 1. The molecule has 0 unspecified atom stereocenters. The molecule has 0 atom stereocenters. The number of H-pyrrole nitrogens is 1. The maximum atomic E-state index is 13.7. The van der Waals surface area contributed by atoms with E-state index in [1.165, 1.54) is 6.20 Å². The van der Waals surface area contributed by atoms with E-state index in [-0.39, 0.29) is 12.1 Å². The second-order valence-corrected chi connectivity index (χ2v) is 5.25. The highest BCUT2D eigenvalue weighted by molar-refractivity contribution is 6.00. The molecule has 3 rings (SSSR count). The van der Waals surface area contributed by atoms with Crippen LogP contribution in [0.5, 0.6) is 0 Å². The van der Waals surface area contributed by atoms with Crippen molar-refractivity contribution in [2.24, 2.45) is 0 Å². The first kappa shape index (κ1) is 16.7. The zero-order chi connectivity index (χ0) is 18.0. The summed E-state index contributed by atoms with van der Waals surface area (Å²) in [5.41, 5.74) is -0.0595. The quantitative estimate of drug-likeness (QED) is 0.623. The monoisotopic (exact) mass is 352 g/mol. The lowest BCUT2D eigenvalue weighted by Crippen LogP contribution is -2.28. The van der Waals surface area contributed by atoms with Gasteiger partial charge in [-0.3, -0.25) is 5.10 Å². The van der Waals surface area contributed by atoms with Crippen LogP contribution in [0.4, 0.5) is 28.0 Å². The number of amides is 2. The van der Waals surface area contributed by atoms with Gasteiger partial charge in [-0.1, -0.05) is 6.07 Å². The van der Waals surface area contributed by atoms with Crippen molar-refractivity contribution in [2.45, 2.75) is 12.7 Å². The van der Waals surface area contributed by atoms with Crippen molar-refractivity contribution < 1.29 is 22.4 Å². The van der Waals surface area contributed by atoms with E-state index in [2.05, 4.69) is 20.8 Å². The lowest BCUT2D eigenvalue weighted by atomic mass is 10.1. The zero-order valence-corrected chi connectivity index (χ0v) is 12.6. The number of benzene rings is 2. The van der Waals surface area contributed by atoms with Gasteiger partial charge in [0.1, 0.15) is 5.82 Å². The number of anilines is 1. The average molecular weight is 352 g/mol. The normalized spacial score (nSPS) is 11.5. The number of carbonyl (C=O) groups is 1. The van der Waals surface area contributed by atoms with Crippen LogP contribution in [0.2, 0.25) is 0 Å². The number of fused-ring (bicyclic) bond motifs is 1. The molecule has 25 heavy (non-hydrogen) atoms. The van der Waals surface area contributed by atoms with Gasteiger partial charge >= 0.3 is 12.2 Å². The van der Waals surface area contributed by atoms with E-state index in [1.54, 1.807) is 18.2 Å². The number of hydrogen-bond donors (Lipinski definition) is 3. The van der Waals surface area contributed by atoms with Gasteiger partial charge in [0.25, 0.3) is 0 Å². The Balaban J connectivity index is 1.69. The first-order valence-corrected chi connectivity index (χ1v) is 7.17. The van der Waals surface area contributed by atoms with Gasteiger partial charge in [0.05, 0.1) is 23.0 Å². The van der Waals surface area contributed by atoms with E-state index in [0.717, 1.165) is 6.07 Å². The van der Waals surface area contributed by atoms with Gasteiger partial charge in [-0.05, 0) is 30.3 Å². The molecule has 3 aromatic rings. The third-order valence-corrected chi connectivity index (χ3v) is 3.55. The molecule has 0 fully saturated rings. The van der Waals surface area contributed by atoms with Crippen molar-refractivity contribution in [3.63, 3.8) is 0 Å². The minimum Gasteiger partial charge on any atom is -0.334 e. The van der Waals surface area contributed by atoms with Gasteiger partial charge in [-0.15, -0.1) is 0 Å². The third kappa shape index (κ3) is 3.70. The van der Waals surface area contributed by atoms with Crippen LogP contribution in [0.25, 0.3) is 10.9 Å². The van der Waals surface area contributed by atoms with Crippen LogP contribution in [-0.4, -0.2) is 16.2 Å². The SMILES string of the molecule is O=C(NCc1cc(C(F)(F)F)ccc1F)Nc1cccc2[nH]ncc12. The first-order valence-electron chi connectivity index (χ1n) is 7.17. The van der Waals surface area contributed by atoms with Gasteiger partial charge in [-0.25, -0.2) is 9.18 Å². The maximum absolute atomic E-state index is 13.7. The number of nitrogens with zero attached hydrogens (tertiary/aromatic N) is 1. The fourth-order valence-electron chi connectivity index (χ4n) is 2.31. The molecule has 5 nitrogen and oxygen atoms in total. The predicted molar refractivity (Wildman–Crippen MR) is 83.4 cm³/mol. The van der Waals surface area contributed by atoms with Crippen LogP contribution in [0.3, 0.4) is 0 Å². The average Bonchev–Trinajstić information content (AvgIpc) is 3.02. The van der Waals surface area contributed by atoms with E-state index in [4.69, 9.17) is 0 Å². The summed E-state index contributed by atoms with van der Waals surface area (Å²) in [5.74, 6) is -0.828. The highest BCUT2D eigenvalue weighted by atomic mass is 19.4. The van der Waals surface area contributed by atoms with E-state index < -0.39 is 23.6 Å². The Kier molecular flexibility index (Phi) is 4.30. The van der Waals surface area contributed by atoms with Gasteiger partial charge in [-0.2, -0.15) is 18.3 Å². The number of nitrogens with one attached hydrogen (secondary N) is 3. The minimum atomic E-state index is -4.58. The largest absolute Gasteiger partial charge is 0.416 e. The highest BCUT2D eigenvalue weighted by Crippen LogP contribution is 2.30. The Bertz CT molecular complexity index is 920. The summed E-state index contributed by atoms with van der Waals surface area (Å²) in [6, 6.07) is 6.48. The van der Waals surface area contributed by atoms with E-state index in [0.29, 0.717) is 28.7 Å². The molecule has 2 aromatic carbocycles. The predicted octanol–water partition coefficient (Wildman–Crippen LogP) is 4.04. The standard InChI is InChI=1S/C16H12F4N4O/c17-12-5-4-10(16(18,19)20)6-9(12)7-21-15(25)23-13-2-1-3-14-11(13)8-22-24-14/h1-6,8H,7H2,(H,22,24)(H2,21,23,25). The fraction of sp³-hybridized carbons (Fsp3) is 0.125. The van der Waals surface area contributed by atoms with Crippen LogP contribution in [0.15, 0.2) is 42.6 Å². The summed E-state index contributed by atoms with van der Waals surface area (Å²) in [6.07, 6.45) is -3.06. The smallest absolute Gasteiger partial charge is 0.334 e. The lowest BCUT2D eigenvalue weighted by molar-refractivity contribution is -0.137. The number of aromatic amines is 1. The van der Waals surface area contributed by atoms with Crippen molar-refractivity contribution in [2.75, 3.05) is 5.32 Å². The maximum Gasteiger partial charge on any atom is 0.416 e. The first-order chi connectivity index (χ1) is 11.8. The third-order valence-electron chi connectivity index (χ3n) is 3.55. The molecule has 9 heteroatoms. The molecule has 3 N–H and O–H groups in total. The molecule has 0 saturated heterocycles. The minimum absolute atomic E-state index is 0.258. The molecular formula is C16H12F4N4O. The number of hydrogen-bond acceptors (Lipinski definition) is 2. The number of halogens is 4. The zero-order valence-electron chi connectivity index (χ0n) is 12.6. The summed E-state index contributed by atoms with van der Waals surface area (Å²) in [5, 5.41) is 12.2. The van der Waals surface area contributed by atoms with Gasteiger partial charge in [0.2, 0.25) is 0 Å². The number of aromatic nitrogens is 2. The van der Waals surface area contributed by atoms with Crippen LogP contribution >= 0.6 is 0 Å². The lowest BCUT2D eigenvalue weighted by Gasteiger charge is -2.11. The molecule has 0 aliphatic carbocycles. The molecular weight excluding hydrogens is 340 g/mol. The summed E-state index contributed by atoms with van der Waals surface area (Å²) in [7, 11) is 0. The van der Waals surface area contributed by atoms with Crippen LogP contribution < -0.4 is 10.6 Å². The number of urea groups is 1. The van der Waals surface area contributed by atoms with Crippen molar-refractivity contribution in [1.82, 2.24) is 15.5 Å². The topological polar surface area (TPSA) is 69.8 Å². The molecule has 1 aromatic heterocycles. The van der Waals surface area contributed by atoms with Crippen molar-refractivity contribution in [3.8, 4) is 0 Å². The Morgan fingerprint density at radius 2 is 2.00 bits per heavy atom. The number of alkyl halides is 3. The molecule has 0 spiro atoms. The molecule has 1 heterocycles. The summed E-state index contributed by atoms with van der Waals surface area (Å²) < 4.78 is 51.7. The second-order valence-electron chi connectivity index (χ2n) is 5.25. The van der Waals surface area contributed by atoms with E-state index >= 15 is 0 Å². The van der Waals surface area contributed by atoms with Gasteiger partial charge in [0.15, 0.2) is 0 Å². The Morgan fingerprint density at radius 3 is 2.76 bits per heavy atom. The summed E-state index contributed by atoms with van der Waals surface area (Å²) in [6.45, 7) is -0.386. The van der Waals surface area contributed by atoms with E-state index in [9.17, 15) is 22.4 Å². The van der Waals surface area contributed by atoms with Crippen molar-refractivity contribution in [1.29, 1.82) is 0 Å². The molecule has 130 valence electrons. The molecule has 0 aliphatic rings. The Labute approximate surface area is 139 Å². The Morgan fingerprint density at radius 1 is 1.20 bits per heavy atom. The molecule has 0 bridgehead atoms. The fourth-order valence-corrected chi connectivity index (χ4v) is 2.31. The molecule has 0 aliphatic heterocycles. The molecule has 2 amide bonds. The second kappa shape index (κ2) is 6.42. The summed E-state index contributed by atoms with van der Waals surface area (Å²) in [4.78, 5) is 11.9. The van der Waals surface area contributed by atoms with Gasteiger partial charge < -0.3 is 10.6 Å². The number of rotatable bonds is 3. The van der Waals surface area contributed by atoms with Crippen molar-refractivity contribution >= 4 is 22.6 Å². The van der Waals surface area contributed by atoms with Crippen LogP contribution in [-0.2, 0) is 12.7 Å². The van der Waals surface area contributed by atoms with Gasteiger partial charge in [0, 0.05) is 17.5 Å². The van der Waals surface area contributed by atoms with E-state index in [1.807, 2.05) is 0 Å². The molecule has 0 radical (unpaired) electrons. The highest BCUT2D eigenvalue weighted by Gasteiger charge is 2.31. The van der Waals surface area contributed by atoms with Crippen molar-refractivity contribution in [3.05, 3.63) is 59.5 Å². The molecule has 0 saturated carbocycles.